The summed E-state index contributed by atoms with van der Waals surface area (Å²) < 4.78 is 6.28. The smallest absolute Gasteiger partial charge is 0.255 e. The summed E-state index contributed by atoms with van der Waals surface area (Å²) in [6.07, 6.45) is 14.0. The summed E-state index contributed by atoms with van der Waals surface area (Å²) in [5.41, 5.74) is 3.38. The highest BCUT2D eigenvalue weighted by molar-refractivity contribution is 6.13. The van der Waals surface area contributed by atoms with Gasteiger partial charge in [0.15, 0.2) is 5.78 Å². The zero-order valence-corrected chi connectivity index (χ0v) is 20.4. The molecule has 180 valence electrons. The number of aryl methyl sites for hydroxylation is 1. The SMILES string of the molecule is CCCCCCCCCCOC1(OO)c2ccccc2C(=O)c2cc(CCCCC)ccc21. The van der Waals surface area contributed by atoms with Gasteiger partial charge in [-0.15, -0.1) is 0 Å². The third-order valence-electron chi connectivity index (χ3n) is 6.71. The van der Waals surface area contributed by atoms with Crippen LogP contribution in [0.3, 0.4) is 0 Å². The van der Waals surface area contributed by atoms with E-state index in [0.717, 1.165) is 37.7 Å². The molecule has 1 aliphatic carbocycles. The normalized spacial score (nSPS) is 17.1. The maximum Gasteiger partial charge on any atom is 0.255 e. The van der Waals surface area contributed by atoms with Crippen LogP contribution >= 0.6 is 0 Å². The molecule has 1 unspecified atom stereocenters. The maximum atomic E-state index is 13.3. The van der Waals surface area contributed by atoms with E-state index in [1.165, 1.54) is 44.9 Å². The maximum absolute atomic E-state index is 13.3. The zero-order valence-electron chi connectivity index (χ0n) is 20.4. The van der Waals surface area contributed by atoms with Gasteiger partial charge in [-0.2, -0.15) is 4.89 Å². The molecule has 0 saturated heterocycles. The number of benzene rings is 2. The number of hydrogen-bond acceptors (Lipinski definition) is 4. The monoisotopic (exact) mass is 452 g/mol. The summed E-state index contributed by atoms with van der Waals surface area (Å²) in [5.74, 6) is -1.51. The predicted molar refractivity (Wildman–Crippen MR) is 133 cm³/mol. The van der Waals surface area contributed by atoms with Crippen LogP contribution in [0.1, 0.15) is 117 Å². The Bertz CT molecular complexity index is 891. The van der Waals surface area contributed by atoms with Crippen LogP contribution in [0.5, 0.6) is 0 Å². The fraction of sp³-hybridized carbons (Fsp3) is 0.552. The van der Waals surface area contributed by atoms with E-state index < -0.39 is 5.79 Å². The molecular weight excluding hydrogens is 412 g/mol. The van der Waals surface area contributed by atoms with Crippen molar-refractivity contribution in [1.29, 1.82) is 0 Å². The Hall–Kier alpha value is -2.01. The Morgan fingerprint density at radius 1 is 0.758 bits per heavy atom. The van der Waals surface area contributed by atoms with Crippen molar-refractivity contribution in [1.82, 2.24) is 0 Å². The average Bonchev–Trinajstić information content (AvgIpc) is 2.85. The van der Waals surface area contributed by atoms with Crippen LogP contribution < -0.4 is 0 Å². The van der Waals surface area contributed by atoms with E-state index >= 15 is 0 Å². The Morgan fingerprint density at radius 2 is 1.39 bits per heavy atom. The van der Waals surface area contributed by atoms with Gasteiger partial charge in [0.2, 0.25) is 0 Å². The molecule has 3 rings (SSSR count). The van der Waals surface area contributed by atoms with Crippen LogP contribution in [0.15, 0.2) is 42.5 Å². The summed E-state index contributed by atoms with van der Waals surface area (Å²) in [6.45, 7) is 4.87. The minimum atomic E-state index is -1.47. The molecule has 2 aromatic rings. The largest absolute Gasteiger partial charge is 0.340 e. The second-order valence-electron chi connectivity index (χ2n) is 9.24. The van der Waals surface area contributed by atoms with E-state index in [1.54, 1.807) is 6.07 Å². The molecule has 1 atom stereocenters. The van der Waals surface area contributed by atoms with Crippen LogP contribution in [-0.2, 0) is 21.8 Å². The molecule has 0 spiro atoms. The molecule has 0 bridgehead atoms. The molecule has 0 aliphatic heterocycles. The summed E-state index contributed by atoms with van der Waals surface area (Å²) in [7, 11) is 0. The standard InChI is InChI=1S/C29H40O4/c1-3-5-7-8-9-10-11-15-21-32-29(33-31)26-18-14-13-17-24(26)28(30)25-22-23(16-12-6-4-2)19-20-27(25)29/h13-14,17-20,22,31H,3-12,15-16,21H2,1-2H3. The molecule has 4 heteroatoms. The van der Waals surface area contributed by atoms with Gasteiger partial charge in [0.25, 0.3) is 5.79 Å². The molecule has 0 saturated carbocycles. The first-order valence-electron chi connectivity index (χ1n) is 12.9. The molecule has 1 aliphatic rings. The van der Waals surface area contributed by atoms with Crippen molar-refractivity contribution in [3.63, 3.8) is 0 Å². The number of unbranched alkanes of at least 4 members (excludes halogenated alkanes) is 9. The van der Waals surface area contributed by atoms with Gasteiger partial charge in [-0.05, 0) is 30.9 Å². The lowest BCUT2D eigenvalue weighted by molar-refractivity contribution is -0.396. The highest BCUT2D eigenvalue weighted by Crippen LogP contribution is 2.43. The van der Waals surface area contributed by atoms with Gasteiger partial charge < -0.3 is 4.74 Å². The first-order chi connectivity index (χ1) is 16.2. The third kappa shape index (κ3) is 6.11. The Morgan fingerprint density at radius 3 is 2.12 bits per heavy atom. The summed E-state index contributed by atoms with van der Waals surface area (Å²) in [4.78, 5) is 18.4. The third-order valence-corrected chi connectivity index (χ3v) is 6.71. The zero-order chi connectivity index (χ0) is 23.5. The van der Waals surface area contributed by atoms with Gasteiger partial charge in [-0.3, -0.25) is 4.79 Å². The minimum Gasteiger partial charge on any atom is -0.340 e. The van der Waals surface area contributed by atoms with Crippen molar-refractivity contribution in [2.24, 2.45) is 0 Å². The van der Waals surface area contributed by atoms with E-state index in [4.69, 9.17) is 9.62 Å². The molecule has 2 aromatic carbocycles. The van der Waals surface area contributed by atoms with Crippen molar-refractivity contribution in [3.05, 3.63) is 70.3 Å². The number of carbonyl (C=O) groups excluding carboxylic acids is 1. The van der Waals surface area contributed by atoms with E-state index in [-0.39, 0.29) is 5.78 Å². The summed E-state index contributed by atoms with van der Waals surface area (Å²) in [6, 6.07) is 13.2. The lowest BCUT2D eigenvalue weighted by Gasteiger charge is -2.37. The first kappa shape index (κ1) is 25.6. The van der Waals surface area contributed by atoms with Crippen LogP contribution in [0.25, 0.3) is 0 Å². The topological polar surface area (TPSA) is 55.8 Å². The van der Waals surface area contributed by atoms with Crippen LogP contribution in [-0.4, -0.2) is 17.6 Å². The highest BCUT2D eigenvalue weighted by Gasteiger charge is 2.46. The van der Waals surface area contributed by atoms with Crippen molar-refractivity contribution in [2.75, 3.05) is 6.61 Å². The lowest BCUT2D eigenvalue weighted by Crippen LogP contribution is -2.40. The van der Waals surface area contributed by atoms with Gasteiger partial charge >= 0.3 is 0 Å². The molecule has 0 aromatic heterocycles. The predicted octanol–water partition coefficient (Wildman–Crippen LogP) is 7.81. The number of fused-ring (bicyclic) bond motifs is 2. The number of ether oxygens (including phenoxy) is 1. The van der Waals surface area contributed by atoms with Gasteiger partial charge in [0, 0.05) is 22.3 Å². The highest BCUT2D eigenvalue weighted by atomic mass is 17.1. The second kappa shape index (κ2) is 13.0. The summed E-state index contributed by atoms with van der Waals surface area (Å²) >= 11 is 0. The molecule has 1 N–H and O–H groups in total. The minimum absolute atomic E-state index is 0.0405. The number of hydrogen-bond donors (Lipinski definition) is 1. The van der Waals surface area contributed by atoms with Gasteiger partial charge in [0.05, 0.1) is 6.61 Å². The van der Waals surface area contributed by atoms with E-state index in [0.29, 0.717) is 28.9 Å². The Balaban J connectivity index is 1.75. The van der Waals surface area contributed by atoms with Crippen LogP contribution in [0.2, 0.25) is 0 Å². The molecule has 4 nitrogen and oxygen atoms in total. The van der Waals surface area contributed by atoms with Crippen LogP contribution in [0.4, 0.5) is 0 Å². The van der Waals surface area contributed by atoms with Crippen molar-refractivity contribution < 1.29 is 19.7 Å². The summed E-state index contributed by atoms with van der Waals surface area (Å²) in [5, 5.41) is 10.2. The molecule has 0 fully saturated rings. The number of ketones is 1. The molecule has 0 amide bonds. The van der Waals surface area contributed by atoms with Crippen molar-refractivity contribution in [3.8, 4) is 0 Å². The van der Waals surface area contributed by atoms with Gasteiger partial charge in [-0.1, -0.05) is 108 Å². The first-order valence-corrected chi connectivity index (χ1v) is 12.9. The average molecular weight is 453 g/mol. The van der Waals surface area contributed by atoms with Crippen molar-refractivity contribution in [2.45, 2.75) is 96.7 Å². The lowest BCUT2D eigenvalue weighted by atomic mass is 9.79. The number of carbonyl (C=O) groups is 1. The molecule has 0 heterocycles. The van der Waals surface area contributed by atoms with E-state index in [1.807, 2.05) is 36.4 Å². The molecule has 0 radical (unpaired) electrons. The molecular formula is C29H40O4. The fourth-order valence-corrected chi connectivity index (χ4v) is 4.79. The van der Waals surface area contributed by atoms with Crippen molar-refractivity contribution >= 4 is 5.78 Å². The Kier molecular flexibility index (Phi) is 10.1. The fourth-order valence-electron chi connectivity index (χ4n) is 4.79. The van der Waals surface area contributed by atoms with Gasteiger partial charge in [-0.25, -0.2) is 5.26 Å². The van der Waals surface area contributed by atoms with Crippen LogP contribution in [0, 0.1) is 0 Å². The quantitative estimate of drug-likeness (QED) is 0.130. The second-order valence-corrected chi connectivity index (χ2v) is 9.24. The Labute approximate surface area is 199 Å². The van der Waals surface area contributed by atoms with E-state index in [9.17, 15) is 10.1 Å². The number of rotatable bonds is 15. The van der Waals surface area contributed by atoms with E-state index in [2.05, 4.69) is 13.8 Å². The molecule has 33 heavy (non-hydrogen) atoms. The van der Waals surface area contributed by atoms with Gasteiger partial charge in [0.1, 0.15) is 0 Å².